The molecule has 0 N–H and O–H groups in total. The molecule has 0 unspecified atom stereocenters. The van der Waals surface area contributed by atoms with E-state index in [0.717, 1.165) is 12.0 Å². The number of carbonyl (C=O) groups excluding carboxylic acids is 1. The molecule has 0 aliphatic rings. The van der Waals surface area contributed by atoms with Crippen molar-refractivity contribution >= 4 is 29.1 Å². The number of aromatic nitrogens is 3. The van der Waals surface area contributed by atoms with Gasteiger partial charge in [0.05, 0.1) is 16.7 Å². The number of benzene rings is 2. The van der Waals surface area contributed by atoms with Crippen LogP contribution >= 0.6 is 23.2 Å². The monoisotopic (exact) mass is 403 g/mol. The van der Waals surface area contributed by atoms with Gasteiger partial charge in [-0.25, -0.2) is 0 Å². The van der Waals surface area contributed by atoms with Crippen LogP contribution < -0.4 is 4.74 Å². The van der Waals surface area contributed by atoms with Crippen molar-refractivity contribution in [2.24, 2.45) is 0 Å². The lowest BCUT2D eigenvalue weighted by Gasteiger charge is -2.07. The van der Waals surface area contributed by atoms with Crippen molar-refractivity contribution in [2.75, 3.05) is 0 Å². The maximum absolute atomic E-state index is 13.1. The molecule has 0 radical (unpaired) electrons. The summed E-state index contributed by atoms with van der Waals surface area (Å²) in [7, 11) is 0. The molecule has 1 aromatic heterocycles. The third-order valence-electron chi connectivity index (χ3n) is 3.90. The number of nitrogens with zero attached hydrogens (tertiary/aromatic N) is 3. The molecule has 0 spiro atoms. The second kappa shape index (κ2) is 8.11. The molecule has 0 saturated heterocycles. The number of ether oxygens (including phenoxy) is 1. The minimum absolute atomic E-state index is 0.120. The van der Waals surface area contributed by atoms with E-state index in [1.807, 2.05) is 38.1 Å². The molecule has 3 rings (SSSR count). The predicted molar refractivity (Wildman–Crippen MR) is 107 cm³/mol. The van der Waals surface area contributed by atoms with E-state index in [0.29, 0.717) is 10.8 Å². The third-order valence-corrected chi connectivity index (χ3v) is 4.45. The molecule has 0 aliphatic carbocycles. The van der Waals surface area contributed by atoms with E-state index in [4.69, 9.17) is 27.9 Å². The summed E-state index contributed by atoms with van der Waals surface area (Å²) in [6.45, 7) is 5.82. The lowest BCUT2D eigenvalue weighted by atomic mass is 10.1. The highest BCUT2D eigenvalue weighted by atomic mass is 35.5. The van der Waals surface area contributed by atoms with Crippen molar-refractivity contribution in [2.45, 2.75) is 33.3 Å². The van der Waals surface area contributed by atoms with Crippen LogP contribution in [-0.2, 0) is 6.42 Å². The van der Waals surface area contributed by atoms with Gasteiger partial charge >= 0.3 is 6.01 Å². The number of rotatable bonds is 5. The van der Waals surface area contributed by atoms with Gasteiger partial charge in [0.1, 0.15) is 0 Å². The molecule has 0 bridgehead atoms. The Hall–Kier alpha value is -2.37. The van der Waals surface area contributed by atoms with Gasteiger partial charge in [-0.2, -0.15) is 9.67 Å². The van der Waals surface area contributed by atoms with Crippen molar-refractivity contribution in [3.63, 3.8) is 0 Å². The predicted octanol–water partition coefficient (Wildman–Crippen LogP) is 5.29. The molecule has 0 saturated carbocycles. The number of hydrogen-bond acceptors (Lipinski definition) is 4. The number of aryl methyl sites for hydroxylation is 1. The normalized spacial score (nSPS) is 11.0. The van der Waals surface area contributed by atoms with E-state index in [9.17, 15) is 4.79 Å². The lowest BCUT2D eigenvalue weighted by molar-refractivity contribution is 0.0943. The first-order valence-electron chi connectivity index (χ1n) is 8.61. The van der Waals surface area contributed by atoms with Crippen LogP contribution in [0.4, 0.5) is 0 Å². The van der Waals surface area contributed by atoms with E-state index in [1.54, 1.807) is 12.1 Å². The summed E-state index contributed by atoms with van der Waals surface area (Å²) in [6, 6.07) is 12.7. The van der Waals surface area contributed by atoms with Gasteiger partial charge in [-0.3, -0.25) is 4.79 Å². The zero-order chi connectivity index (χ0) is 19.6. The van der Waals surface area contributed by atoms with Gasteiger partial charge in [0.25, 0.3) is 5.91 Å². The second-order valence-corrected chi connectivity index (χ2v) is 7.12. The van der Waals surface area contributed by atoms with Gasteiger partial charge in [0.2, 0.25) is 0 Å². The summed E-state index contributed by atoms with van der Waals surface area (Å²) in [5.41, 5.74) is 2.24. The van der Waals surface area contributed by atoms with E-state index >= 15 is 0 Å². The Kier molecular flexibility index (Phi) is 5.82. The standard InChI is InChI=1S/C20H19Cl2N3O2/c1-4-13-5-7-14(8-6-13)18-23-20(27-12(2)3)24-25(18)19(26)16-10-9-15(21)11-17(16)22/h5-12H,4H2,1-3H3. The number of halogens is 2. The maximum Gasteiger partial charge on any atom is 0.336 e. The molecule has 0 atom stereocenters. The Morgan fingerprint density at radius 2 is 1.85 bits per heavy atom. The third kappa shape index (κ3) is 4.31. The highest BCUT2D eigenvalue weighted by molar-refractivity contribution is 6.36. The average molecular weight is 404 g/mol. The molecule has 1 heterocycles. The van der Waals surface area contributed by atoms with E-state index in [1.165, 1.54) is 16.3 Å². The van der Waals surface area contributed by atoms with Crippen LogP contribution in [0, 0.1) is 0 Å². The van der Waals surface area contributed by atoms with Gasteiger partial charge < -0.3 is 4.74 Å². The summed E-state index contributed by atoms with van der Waals surface area (Å²) in [6.07, 6.45) is 0.805. The van der Waals surface area contributed by atoms with Crippen LogP contribution in [-0.4, -0.2) is 26.8 Å². The lowest BCUT2D eigenvalue weighted by Crippen LogP contribution is -2.16. The second-order valence-electron chi connectivity index (χ2n) is 6.28. The molecule has 27 heavy (non-hydrogen) atoms. The molecular formula is C20H19Cl2N3O2. The first kappa shape index (κ1) is 19.4. The van der Waals surface area contributed by atoms with Gasteiger partial charge in [0.15, 0.2) is 5.82 Å². The molecule has 2 aromatic carbocycles. The molecular weight excluding hydrogens is 385 g/mol. The van der Waals surface area contributed by atoms with Gasteiger partial charge in [0, 0.05) is 10.6 Å². The summed E-state index contributed by atoms with van der Waals surface area (Å²) in [5, 5.41) is 4.96. The van der Waals surface area contributed by atoms with Crippen molar-refractivity contribution < 1.29 is 9.53 Å². The van der Waals surface area contributed by atoms with Crippen LogP contribution in [0.3, 0.4) is 0 Å². The minimum atomic E-state index is -0.405. The molecule has 140 valence electrons. The largest absolute Gasteiger partial charge is 0.460 e. The number of carbonyl (C=O) groups is 1. The fourth-order valence-electron chi connectivity index (χ4n) is 2.55. The Balaban J connectivity index is 2.09. The van der Waals surface area contributed by atoms with Crippen LogP contribution in [0.15, 0.2) is 42.5 Å². The van der Waals surface area contributed by atoms with Crippen molar-refractivity contribution in [1.82, 2.24) is 14.8 Å². The molecule has 0 amide bonds. The first-order valence-corrected chi connectivity index (χ1v) is 9.37. The average Bonchev–Trinajstić information content (AvgIpc) is 3.04. The molecule has 0 aliphatic heterocycles. The molecule has 3 aromatic rings. The van der Waals surface area contributed by atoms with Gasteiger partial charge in [-0.15, -0.1) is 5.10 Å². The quantitative estimate of drug-likeness (QED) is 0.580. The Morgan fingerprint density at radius 1 is 1.15 bits per heavy atom. The first-order chi connectivity index (χ1) is 12.9. The Morgan fingerprint density at radius 3 is 2.44 bits per heavy atom. The van der Waals surface area contributed by atoms with Crippen molar-refractivity contribution in [3.05, 3.63) is 63.6 Å². The zero-order valence-corrected chi connectivity index (χ0v) is 16.8. The van der Waals surface area contributed by atoms with Crippen LogP contribution in [0.2, 0.25) is 10.0 Å². The van der Waals surface area contributed by atoms with E-state index < -0.39 is 5.91 Å². The maximum atomic E-state index is 13.1. The summed E-state index contributed by atoms with van der Waals surface area (Å²) in [4.78, 5) is 17.5. The highest BCUT2D eigenvalue weighted by Crippen LogP contribution is 2.26. The summed E-state index contributed by atoms with van der Waals surface area (Å²) in [5.74, 6) is -0.0124. The Bertz CT molecular complexity index is 966. The van der Waals surface area contributed by atoms with Crippen LogP contribution in [0.25, 0.3) is 11.4 Å². The van der Waals surface area contributed by atoms with E-state index in [-0.39, 0.29) is 22.7 Å². The minimum Gasteiger partial charge on any atom is -0.460 e. The van der Waals surface area contributed by atoms with Crippen molar-refractivity contribution in [1.29, 1.82) is 0 Å². The molecule has 7 heteroatoms. The summed E-state index contributed by atoms with van der Waals surface area (Å²) >= 11 is 12.1. The topological polar surface area (TPSA) is 57.0 Å². The van der Waals surface area contributed by atoms with Crippen LogP contribution in [0.1, 0.15) is 36.7 Å². The molecule has 0 fully saturated rings. The van der Waals surface area contributed by atoms with E-state index in [2.05, 4.69) is 17.0 Å². The fraction of sp³-hybridized carbons (Fsp3) is 0.250. The number of hydrogen-bond donors (Lipinski definition) is 0. The fourth-order valence-corrected chi connectivity index (χ4v) is 3.04. The SMILES string of the molecule is CCc1ccc(-c2nc(OC(C)C)nn2C(=O)c2ccc(Cl)cc2Cl)cc1. The zero-order valence-electron chi connectivity index (χ0n) is 15.2. The summed E-state index contributed by atoms with van der Waals surface area (Å²) < 4.78 is 6.80. The smallest absolute Gasteiger partial charge is 0.336 e. The van der Waals surface area contributed by atoms with Crippen molar-refractivity contribution in [3.8, 4) is 17.4 Å². The van der Waals surface area contributed by atoms with Gasteiger partial charge in [-0.1, -0.05) is 54.4 Å². The Labute approximate surface area is 167 Å². The van der Waals surface area contributed by atoms with Gasteiger partial charge in [-0.05, 0) is 44.0 Å². The molecule has 5 nitrogen and oxygen atoms in total. The highest BCUT2D eigenvalue weighted by Gasteiger charge is 2.22. The van der Waals surface area contributed by atoms with Crippen LogP contribution in [0.5, 0.6) is 6.01 Å².